The van der Waals surface area contributed by atoms with Crippen LogP contribution in [0.15, 0.2) is 24.3 Å². The summed E-state index contributed by atoms with van der Waals surface area (Å²) in [7, 11) is -3.22. The van der Waals surface area contributed by atoms with Crippen LogP contribution in [0.2, 0.25) is 0 Å². The van der Waals surface area contributed by atoms with Crippen LogP contribution in [0.3, 0.4) is 0 Å². The van der Waals surface area contributed by atoms with Crippen LogP contribution in [-0.4, -0.2) is 25.0 Å². The molecular formula is C15H26N2O2S. The molecule has 1 rings (SSSR count). The first-order valence-electron chi connectivity index (χ1n) is 7.18. The van der Waals surface area contributed by atoms with E-state index in [1.807, 2.05) is 39.0 Å². The van der Waals surface area contributed by atoms with Crippen molar-refractivity contribution in [3.8, 4) is 0 Å². The van der Waals surface area contributed by atoms with Crippen LogP contribution >= 0.6 is 0 Å². The summed E-state index contributed by atoms with van der Waals surface area (Å²) in [6.07, 6.45) is 1.49. The number of anilines is 1. The van der Waals surface area contributed by atoms with Gasteiger partial charge in [-0.05, 0) is 30.4 Å². The lowest BCUT2D eigenvalue weighted by atomic mass is 10.2. The molecule has 0 atom stereocenters. The summed E-state index contributed by atoms with van der Waals surface area (Å²) in [6, 6.07) is 7.43. The predicted molar refractivity (Wildman–Crippen MR) is 84.8 cm³/mol. The van der Waals surface area contributed by atoms with E-state index >= 15 is 0 Å². The second-order valence-corrected chi connectivity index (χ2v) is 7.62. The third-order valence-electron chi connectivity index (χ3n) is 3.22. The highest BCUT2D eigenvalue weighted by Gasteiger charge is 2.22. The first kappa shape index (κ1) is 17.0. The van der Waals surface area contributed by atoms with Crippen molar-refractivity contribution in [3.05, 3.63) is 29.8 Å². The van der Waals surface area contributed by atoms with Crippen molar-refractivity contribution in [2.75, 3.05) is 18.0 Å². The third kappa shape index (κ3) is 5.13. The Morgan fingerprint density at radius 3 is 2.45 bits per heavy atom. The average molecular weight is 298 g/mol. The van der Waals surface area contributed by atoms with E-state index < -0.39 is 10.0 Å². The van der Waals surface area contributed by atoms with Crippen molar-refractivity contribution in [3.63, 3.8) is 0 Å². The molecular weight excluding hydrogens is 272 g/mol. The van der Waals surface area contributed by atoms with E-state index in [2.05, 4.69) is 0 Å². The molecule has 0 aliphatic heterocycles. The zero-order chi connectivity index (χ0) is 15.2. The van der Waals surface area contributed by atoms with E-state index in [4.69, 9.17) is 5.73 Å². The molecule has 0 radical (unpaired) electrons. The quantitative estimate of drug-likeness (QED) is 0.751. The highest BCUT2D eigenvalue weighted by Crippen LogP contribution is 2.17. The normalized spacial score (nSPS) is 12.2. The molecule has 1 aromatic rings. The summed E-state index contributed by atoms with van der Waals surface area (Å²) in [5.41, 5.74) is 7.42. The minimum atomic E-state index is -3.22. The Balaban J connectivity index is 2.86. The number of nitrogen functional groups attached to an aromatic ring is 1. The van der Waals surface area contributed by atoms with Crippen molar-refractivity contribution < 1.29 is 8.42 Å². The zero-order valence-electron chi connectivity index (χ0n) is 12.7. The Labute approximate surface area is 123 Å². The topological polar surface area (TPSA) is 63.4 Å². The van der Waals surface area contributed by atoms with Crippen LogP contribution in [0.5, 0.6) is 0 Å². The van der Waals surface area contributed by atoms with E-state index in [0.717, 1.165) is 12.0 Å². The molecule has 0 bridgehead atoms. The molecule has 4 nitrogen and oxygen atoms in total. The summed E-state index contributed by atoms with van der Waals surface area (Å²) >= 11 is 0. The van der Waals surface area contributed by atoms with Crippen molar-refractivity contribution in [2.24, 2.45) is 5.92 Å². The van der Waals surface area contributed by atoms with Gasteiger partial charge < -0.3 is 5.73 Å². The molecule has 0 unspecified atom stereocenters. The van der Waals surface area contributed by atoms with Crippen LogP contribution in [-0.2, 0) is 16.6 Å². The summed E-state index contributed by atoms with van der Waals surface area (Å²) in [6.45, 7) is 6.96. The first-order valence-corrected chi connectivity index (χ1v) is 8.79. The Bertz CT molecular complexity index is 512. The first-order chi connectivity index (χ1) is 9.36. The molecule has 1 aromatic carbocycles. The van der Waals surface area contributed by atoms with Crippen LogP contribution in [0.4, 0.5) is 5.69 Å². The van der Waals surface area contributed by atoms with Gasteiger partial charge in [0.1, 0.15) is 0 Å². The lowest BCUT2D eigenvalue weighted by Gasteiger charge is -2.23. The van der Waals surface area contributed by atoms with Crippen molar-refractivity contribution in [1.82, 2.24) is 4.31 Å². The van der Waals surface area contributed by atoms with E-state index in [-0.39, 0.29) is 5.75 Å². The number of para-hydroxylation sites is 1. The maximum atomic E-state index is 12.4. The number of nitrogens with zero attached hydrogens (tertiary/aromatic N) is 1. The fourth-order valence-electron chi connectivity index (χ4n) is 1.95. The molecule has 0 saturated heterocycles. The molecule has 0 spiro atoms. The molecule has 0 amide bonds. The molecule has 114 valence electrons. The van der Waals surface area contributed by atoms with E-state index in [0.29, 0.717) is 31.1 Å². The molecule has 0 aliphatic rings. The maximum absolute atomic E-state index is 12.4. The Morgan fingerprint density at radius 2 is 1.90 bits per heavy atom. The average Bonchev–Trinajstić information content (AvgIpc) is 2.38. The van der Waals surface area contributed by atoms with Gasteiger partial charge in [0.25, 0.3) is 0 Å². The Morgan fingerprint density at radius 1 is 1.25 bits per heavy atom. The van der Waals surface area contributed by atoms with Gasteiger partial charge in [0, 0.05) is 18.8 Å². The number of benzene rings is 1. The zero-order valence-corrected chi connectivity index (χ0v) is 13.5. The van der Waals surface area contributed by atoms with Gasteiger partial charge in [-0.1, -0.05) is 39.0 Å². The molecule has 2 N–H and O–H groups in total. The second kappa shape index (κ2) is 7.64. The Kier molecular flexibility index (Phi) is 6.49. The minimum Gasteiger partial charge on any atom is -0.398 e. The van der Waals surface area contributed by atoms with Gasteiger partial charge >= 0.3 is 0 Å². The van der Waals surface area contributed by atoms with E-state index in [1.54, 1.807) is 10.4 Å². The van der Waals surface area contributed by atoms with Crippen LogP contribution in [0, 0.1) is 5.92 Å². The van der Waals surface area contributed by atoms with Gasteiger partial charge in [-0.3, -0.25) is 0 Å². The van der Waals surface area contributed by atoms with Crippen molar-refractivity contribution >= 4 is 15.7 Å². The lowest BCUT2D eigenvalue weighted by molar-refractivity contribution is 0.403. The standard InChI is InChI=1S/C15H26N2O2S/c1-4-10-17(20(18,19)11-9-13(2)3)12-14-7-5-6-8-15(14)16/h5-8,13H,4,9-12,16H2,1-3H3. The number of hydrogen-bond donors (Lipinski definition) is 1. The van der Waals surface area contributed by atoms with Gasteiger partial charge in [-0.2, -0.15) is 4.31 Å². The smallest absolute Gasteiger partial charge is 0.214 e. The highest BCUT2D eigenvalue weighted by atomic mass is 32.2. The molecule has 0 aromatic heterocycles. The molecule has 5 heteroatoms. The monoisotopic (exact) mass is 298 g/mol. The largest absolute Gasteiger partial charge is 0.398 e. The van der Waals surface area contributed by atoms with E-state index in [1.165, 1.54) is 0 Å². The molecule has 0 aliphatic carbocycles. The van der Waals surface area contributed by atoms with Gasteiger partial charge in [0.2, 0.25) is 10.0 Å². The highest BCUT2D eigenvalue weighted by molar-refractivity contribution is 7.89. The number of hydrogen-bond acceptors (Lipinski definition) is 3. The Hall–Kier alpha value is -1.07. The molecule has 0 fully saturated rings. The third-order valence-corrected chi connectivity index (χ3v) is 5.07. The lowest BCUT2D eigenvalue weighted by Crippen LogP contribution is -2.34. The predicted octanol–water partition coefficient (Wildman–Crippen LogP) is 2.86. The van der Waals surface area contributed by atoms with Gasteiger partial charge in [0.05, 0.1) is 5.75 Å². The maximum Gasteiger partial charge on any atom is 0.214 e. The second-order valence-electron chi connectivity index (χ2n) is 5.53. The summed E-state index contributed by atoms with van der Waals surface area (Å²) in [4.78, 5) is 0. The van der Waals surface area contributed by atoms with Crippen molar-refractivity contribution in [2.45, 2.75) is 40.2 Å². The summed E-state index contributed by atoms with van der Waals surface area (Å²) in [5, 5.41) is 0. The molecule has 20 heavy (non-hydrogen) atoms. The van der Waals surface area contributed by atoms with Crippen LogP contribution in [0.1, 0.15) is 39.2 Å². The number of nitrogens with two attached hydrogens (primary N) is 1. The molecule has 0 saturated carbocycles. The summed E-state index contributed by atoms with van der Waals surface area (Å²) in [5.74, 6) is 0.590. The number of sulfonamides is 1. The van der Waals surface area contributed by atoms with Crippen LogP contribution < -0.4 is 5.73 Å². The van der Waals surface area contributed by atoms with Gasteiger partial charge in [0.15, 0.2) is 0 Å². The fourth-order valence-corrected chi connectivity index (χ4v) is 3.77. The summed E-state index contributed by atoms with van der Waals surface area (Å²) < 4.78 is 26.4. The van der Waals surface area contributed by atoms with Gasteiger partial charge in [-0.15, -0.1) is 0 Å². The molecule has 0 heterocycles. The van der Waals surface area contributed by atoms with E-state index in [9.17, 15) is 8.42 Å². The van der Waals surface area contributed by atoms with Gasteiger partial charge in [-0.25, -0.2) is 8.42 Å². The number of rotatable bonds is 8. The SMILES string of the molecule is CCCN(Cc1ccccc1N)S(=O)(=O)CCC(C)C. The fraction of sp³-hybridized carbons (Fsp3) is 0.600. The minimum absolute atomic E-state index is 0.206. The van der Waals surface area contributed by atoms with Crippen LogP contribution in [0.25, 0.3) is 0 Å². The van der Waals surface area contributed by atoms with Crippen molar-refractivity contribution in [1.29, 1.82) is 0 Å².